The zero-order chi connectivity index (χ0) is 23.1. The number of nitrogens with one attached hydrogen (secondary N) is 5. The van der Waals surface area contributed by atoms with Gasteiger partial charge < -0.3 is 21.3 Å². The van der Waals surface area contributed by atoms with Crippen LogP contribution >= 0.6 is 0 Å². The number of anilines is 4. The average molecular weight is 468 g/mol. The van der Waals surface area contributed by atoms with Gasteiger partial charge in [-0.05, 0) is 43.2 Å². The van der Waals surface area contributed by atoms with Gasteiger partial charge in [-0.15, -0.1) is 0 Å². The first-order chi connectivity index (χ1) is 16.0. The number of carbonyl (C=O) groups excluding carboxylic acids is 1. The lowest BCUT2D eigenvalue weighted by Gasteiger charge is -2.13. The van der Waals surface area contributed by atoms with Gasteiger partial charge in [0.25, 0.3) is 0 Å². The molecule has 1 aliphatic rings. The van der Waals surface area contributed by atoms with Crippen LogP contribution in [-0.2, 0) is 16.4 Å². The second-order valence-corrected chi connectivity index (χ2v) is 9.16. The summed E-state index contributed by atoms with van der Waals surface area (Å²) in [5, 5.41) is 11.9. The Labute approximate surface area is 192 Å². The third-order valence-electron chi connectivity index (χ3n) is 4.91. The maximum absolute atomic E-state index is 12.5. The van der Waals surface area contributed by atoms with Crippen LogP contribution in [0.4, 0.5) is 27.9 Å². The second-order valence-electron chi connectivity index (χ2n) is 7.40. The number of urea groups is 1. The van der Waals surface area contributed by atoms with E-state index in [2.05, 4.69) is 36.0 Å². The molecule has 0 atom stereocenters. The van der Waals surface area contributed by atoms with Crippen molar-refractivity contribution in [1.29, 1.82) is 0 Å². The number of nitrogens with zero attached hydrogens (tertiary/aromatic N) is 2. The van der Waals surface area contributed by atoms with Gasteiger partial charge in [-0.25, -0.2) is 22.9 Å². The van der Waals surface area contributed by atoms with E-state index in [0.29, 0.717) is 55.6 Å². The van der Waals surface area contributed by atoms with Crippen LogP contribution in [0.5, 0.6) is 0 Å². The summed E-state index contributed by atoms with van der Waals surface area (Å²) >= 11 is 0. The van der Waals surface area contributed by atoms with Crippen molar-refractivity contribution in [2.24, 2.45) is 0 Å². The fourth-order valence-corrected chi connectivity index (χ4v) is 4.39. The average Bonchev–Trinajstić information content (AvgIpc) is 2.81. The molecule has 4 bridgehead atoms. The van der Waals surface area contributed by atoms with Crippen LogP contribution < -0.4 is 26.0 Å². The first-order valence-electron chi connectivity index (χ1n) is 10.6. The molecule has 2 heterocycles. The highest BCUT2D eigenvalue weighted by Crippen LogP contribution is 2.21. The molecule has 10 nitrogen and oxygen atoms in total. The van der Waals surface area contributed by atoms with Gasteiger partial charge in [0.05, 0.1) is 4.90 Å². The number of carbonyl (C=O) groups is 1. The van der Waals surface area contributed by atoms with Crippen LogP contribution in [0, 0.1) is 0 Å². The van der Waals surface area contributed by atoms with Crippen LogP contribution in [0.2, 0.25) is 0 Å². The van der Waals surface area contributed by atoms with Crippen molar-refractivity contribution in [1.82, 2.24) is 20.0 Å². The van der Waals surface area contributed by atoms with Crippen molar-refractivity contribution in [3.63, 3.8) is 0 Å². The van der Waals surface area contributed by atoms with Crippen molar-refractivity contribution in [3.05, 3.63) is 66.4 Å². The molecule has 11 heteroatoms. The molecule has 5 N–H and O–H groups in total. The topological polar surface area (TPSA) is 137 Å². The lowest BCUT2D eigenvalue weighted by Crippen LogP contribution is -2.30. The van der Waals surface area contributed by atoms with E-state index in [0.717, 1.165) is 5.56 Å². The van der Waals surface area contributed by atoms with Crippen molar-refractivity contribution >= 4 is 39.2 Å². The van der Waals surface area contributed by atoms with Crippen LogP contribution in [0.3, 0.4) is 0 Å². The smallest absolute Gasteiger partial charge is 0.319 e. The molecule has 0 saturated heterocycles. The van der Waals surface area contributed by atoms with Gasteiger partial charge in [0.1, 0.15) is 5.82 Å². The van der Waals surface area contributed by atoms with E-state index >= 15 is 0 Å². The molecule has 1 aliphatic heterocycles. The van der Waals surface area contributed by atoms with Crippen molar-refractivity contribution in [3.8, 4) is 0 Å². The van der Waals surface area contributed by atoms with E-state index in [4.69, 9.17) is 0 Å². The van der Waals surface area contributed by atoms with E-state index in [9.17, 15) is 13.2 Å². The predicted molar refractivity (Wildman–Crippen MR) is 127 cm³/mol. The Balaban J connectivity index is 1.45. The van der Waals surface area contributed by atoms with Gasteiger partial charge in [0.2, 0.25) is 16.0 Å². The predicted octanol–water partition coefficient (Wildman–Crippen LogP) is 2.68. The van der Waals surface area contributed by atoms with Crippen molar-refractivity contribution < 1.29 is 13.2 Å². The number of hydrogen-bond acceptors (Lipinski definition) is 7. The van der Waals surface area contributed by atoms with E-state index in [1.807, 2.05) is 30.3 Å². The monoisotopic (exact) mass is 467 g/mol. The summed E-state index contributed by atoms with van der Waals surface area (Å²) in [6.07, 6.45) is 2.79. The Morgan fingerprint density at radius 1 is 1.06 bits per heavy atom. The van der Waals surface area contributed by atoms with E-state index in [-0.39, 0.29) is 10.9 Å². The lowest BCUT2D eigenvalue weighted by molar-refractivity contribution is 0.252. The minimum absolute atomic E-state index is 0.177. The summed E-state index contributed by atoms with van der Waals surface area (Å²) < 4.78 is 27.5. The van der Waals surface area contributed by atoms with E-state index in [1.54, 1.807) is 30.5 Å². The fourth-order valence-electron chi connectivity index (χ4n) is 3.27. The summed E-state index contributed by atoms with van der Waals surface area (Å²) in [4.78, 5) is 21.2. The summed E-state index contributed by atoms with van der Waals surface area (Å²) in [5.74, 6) is 0.980. The molecule has 0 saturated carbocycles. The maximum Gasteiger partial charge on any atom is 0.319 e. The van der Waals surface area contributed by atoms with Crippen molar-refractivity contribution in [2.45, 2.75) is 17.7 Å². The second kappa shape index (κ2) is 10.3. The molecule has 3 aromatic rings. The summed E-state index contributed by atoms with van der Waals surface area (Å²) in [6, 6.07) is 15.4. The number of aromatic nitrogens is 2. The van der Waals surface area contributed by atoms with Crippen LogP contribution in [0.15, 0.2) is 65.7 Å². The van der Waals surface area contributed by atoms with E-state index < -0.39 is 10.0 Å². The molecule has 4 rings (SSSR count). The first kappa shape index (κ1) is 22.5. The Kier molecular flexibility index (Phi) is 7.01. The number of sulfonamides is 1. The number of amides is 2. The Morgan fingerprint density at radius 3 is 2.76 bits per heavy atom. The molecule has 0 radical (unpaired) electrons. The molecule has 2 amide bonds. The van der Waals surface area contributed by atoms with Gasteiger partial charge in [-0.2, -0.15) is 4.98 Å². The third-order valence-corrected chi connectivity index (χ3v) is 6.37. The molecule has 1 aromatic heterocycles. The number of fused-ring (bicyclic) bond motifs is 4. The molecular weight excluding hydrogens is 442 g/mol. The Bertz CT molecular complexity index is 1220. The van der Waals surface area contributed by atoms with Crippen molar-refractivity contribution in [2.75, 3.05) is 35.6 Å². The van der Waals surface area contributed by atoms with Gasteiger partial charge in [-0.1, -0.05) is 24.3 Å². The minimum Gasteiger partial charge on any atom is -0.370 e. The molecule has 33 heavy (non-hydrogen) atoms. The minimum atomic E-state index is -3.59. The van der Waals surface area contributed by atoms with Crippen LogP contribution in [0.1, 0.15) is 12.0 Å². The highest BCUT2D eigenvalue weighted by molar-refractivity contribution is 7.89. The third kappa shape index (κ3) is 6.18. The molecule has 2 aromatic carbocycles. The lowest BCUT2D eigenvalue weighted by atomic mass is 10.2. The van der Waals surface area contributed by atoms with Gasteiger partial charge in [-0.3, -0.25) is 0 Å². The zero-order valence-electron chi connectivity index (χ0n) is 17.8. The maximum atomic E-state index is 12.5. The quantitative estimate of drug-likeness (QED) is 0.398. The number of benzene rings is 2. The number of para-hydroxylation sites is 1. The Morgan fingerprint density at radius 2 is 1.91 bits per heavy atom. The molecular formula is C22H25N7O3S. The molecule has 0 unspecified atom stereocenters. The number of rotatable bonds is 4. The normalized spacial score (nSPS) is 14.9. The fraction of sp³-hybridized carbons (Fsp3) is 0.227. The number of hydrogen-bond donors (Lipinski definition) is 5. The largest absolute Gasteiger partial charge is 0.370 e. The molecule has 0 aliphatic carbocycles. The first-order valence-corrected chi connectivity index (χ1v) is 12.0. The van der Waals surface area contributed by atoms with Gasteiger partial charge >= 0.3 is 6.03 Å². The summed E-state index contributed by atoms with van der Waals surface area (Å²) in [7, 11) is -3.59. The van der Waals surface area contributed by atoms with Gasteiger partial charge in [0, 0.05) is 42.8 Å². The Hall–Kier alpha value is -3.70. The SMILES string of the molecule is O=C(NCCc1cnc2nc1NCCCNS(=O)(=O)c1cccc(c1)N2)Nc1ccccc1. The van der Waals surface area contributed by atoms with Crippen LogP contribution in [0.25, 0.3) is 0 Å². The zero-order valence-corrected chi connectivity index (χ0v) is 18.7. The highest BCUT2D eigenvalue weighted by atomic mass is 32.2. The standard InChI is InChI=1S/C22H25N7O3S/c30-22(28-17-6-2-1-3-7-17)24-13-10-16-15-25-21-27-18-8-4-9-19(14-18)33(31,32)26-12-5-11-23-20(16)29-21/h1-4,6-9,14-15,26H,5,10-13H2,(H2,24,28,30)(H2,23,25,27,29). The van der Waals surface area contributed by atoms with E-state index in [1.165, 1.54) is 0 Å². The molecule has 172 valence electrons. The molecule has 0 spiro atoms. The highest BCUT2D eigenvalue weighted by Gasteiger charge is 2.15. The summed E-state index contributed by atoms with van der Waals surface area (Å²) in [6.45, 7) is 1.21. The van der Waals surface area contributed by atoms with Gasteiger partial charge in [0.15, 0.2) is 0 Å². The molecule has 0 fully saturated rings. The summed E-state index contributed by atoms with van der Waals surface area (Å²) in [5.41, 5.74) is 2.12. The van der Waals surface area contributed by atoms with Crippen LogP contribution in [-0.4, -0.2) is 44.1 Å².